The summed E-state index contributed by atoms with van der Waals surface area (Å²) in [6.07, 6.45) is 6.78. The van der Waals surface area contributed by atoms with Crippen LogP contribution in [0.15, 0.2) is 72.9 Å². The molecule has 4 rings (SSSR count). The van der Waals surface area contributed by atoms with E-state index in [4.69, 9.17) is 4.74 Å². The second-order valence-electron chi connectivity index (χ2n) is 9.63. The molecule has 7 heteroatoms. The third-order valence-corrected chi connectivity index (χ3v) is 7.08. The summed E-state index contributed by atoms with van der Waals surface area (Å²) in [6, 6.07) is 20.1. The fourth-order valence-electron chi connectivity index (χ4n) is 5.01. The average molecular weight is 506 g/mol. The van der Waals surface area contributed by atoms with Crippen molar-refractivity contribution >= 4 is 11.8 Å². The van der Waals surface area contributed by atoms with Gasteiger partial charge in [-0.05, 0) is 42.7 Å². The summed E-state index contributed by atoms with van der Waals surface area (Å²) in [5.41, 5.74) is 2.19. The van der Waals surface area contributed by atoms with E-state index in [2.05, 4.69) is 16.7 Å². The van der Waals surface area contributed by atoms with Crippen molar-refractivity contribution in [1.29, 1.82) is 0 Å². The van der Waals surface area contributed by atoms with E-state index < -0.39 is 11.7 Å². The van der Waals surface area contributed by atoms with Gasteiger partial charge in [-0.3, -0.25) is 9.59 Å². The monoisotopic (exact) mass is 505 g/mol. The van der Waals surface area contributed by atoms with Gasteiger partial charge in [0.2, 0.25) is 5.91 Å². The van der Waals surface area contributed by atoms with Crippen molar-refractivity contribution < 1.29 is 18.7 Å². The van der Waals surface area contributed by atoms with Crippen LogP contribution in [0.1, 0.15) is 53.7 Å². The fourth-order valence-corrected chi connectivity index (χ4v) is 5.01. The zero-order valence-corrected chi connectivity index (χ0v) is 21.5. The number of nitrogens with zero attached hydrogens (tertiary/aromatic N) is 3. The zero-order valence-electron chi connectivity index (χ0n) is 21.5. The minimum atomic E-state index is -0.560. The average Bonchev–Trinajstić information content (AvgIpc) is 3.36. The molecule has 2 amide bonds. The Morgan fingerprint density at radius 3 is 2.43 bits per heavy atom. The molecular formula is C30H36FN3O3. The summed E-state index contributed by atoms with van der Waals surface area (Å²) in [6.45, 7) is 1.80. The Kier molecular flexibility index (Phi) is 9.49. The van der Waals surface area contributed by atoms with Crippen LogP contribution in [0, 0.1) is 5.82 Å². The molecule has 0 aliphatic heterocycles. The van der Waals surface area contributed by atoms with E-state index >= 15 is 0 Å². The van der Waals surface area contributed by atoms with E-state index in [1.165, 1.54) is 17.7 Å². The highest BCUT2D eigenvalue weighted by Gasteiger charge is 2.31. The van der Waals surface area contributed by atoms with Gasteiger partial charge in [-0.1, -0.05) is 61.7 Å². The van der Waals surface area contributed by atoms with E-state index in [1.54, 1.807) is 29.0 Å². The molecule has 0 bridgehead atoms. The minimum absolute atomic E-state index is 0.0149. The molecule has 3 aromatic rings. The third-order valence-electron chi connectivity index (χ3n) is 7.08. The fraction of sp³-hybridized carbons (Fsp3) is 0.400. The number of hydrogen-bond donors (Lipinski definition) is 0. The first-order valence-corrected chi connectivity index (χ1v) is 13.1. The number of carbonyl (C=O) groups is 2. The Balaban J connectivity index is 1.54. The first kappa shape index (κ1) is 26.6. The molecule has 0 spiro atoms. The number of amides is 2. The Bertz CT molecular complexity index is 1160. The number of rotatable bonds is 11. The molecule has 0 atom stereocenters. The van der Waals surface area contributed by atoms with Gasteiger partial charge in [0, 0.05) is 38.1 Å². The highest BCUT2D eigenvalue weighted by Crippen LogP contribution is 2.25. The Morgan fingerprint density at radius 1 is 0.973 bits per heavy atom. The lowest BCUT2D eigenvalue weighted by atomic mass is 9.93. The van der Waals surface area contributed by atoms with Crippen LogP contribution in [0.4, 0.5) is 4.39 Å². The SMILES string of the molecule is COCCN(Cc1cccn1Cc1ccccc1)C(=O)CN(C(=O)c1ccccc1F)C1CCCCC1. The van der Waals surface area contributed by atoms with E-state index in [9.17, 15) is 14.0 Å². The predicted molar refractivity (Wildman–Crippen MR) is 142 cm³/mol. The second kappa shape index (κ2) is 13.2. The molecule has 2 aromatic carbocycles. The first-order chi connectivity index (χ1) is 18.1. The molecule has 0 radical (unpaired) electrons. The maximum Gasteiger partial charge on any atom is 0.257 e. The van der Waals surface area contributed by atoms with Gasteiger partial charge < -0.3 is 19.1 Å². The van der Waals surface area contributed by atoms with Crippen molar-refractivity contribution in [2.75, 3.05) is 26.8 Å². The molecule has 1 heterocycles. The van der Waals surface area contributed by atoms with Crippen molar-refractivity contribution in [3.8, 4) is 0 Å². The highest BCUT2D eigenvalue weighted by molar-refractivity contribution is 5.97. The molecule has 37 heavy (non-hydrogen) atoms. The number of halogens is 1. The van der Waals surface area contributed by atoms with Crippen molar-refractivity contribution in [2.24, 2.45) is 0 Å². The van der Waals surface area contributed by atoms with Gasteiger partial charge in [0.05, 0.1) is 18.7 Å². The molecule has 0 N–H and O–H groups in total. The molecule has 1 fully saturated rings. The standard InChI is InChI=1S/C30H36FN3O3/c1-37-20-19-33(22-26-15-10-18-32(26)21-24-11-4-2-5-12-24)29(35)23-34(25-13-6-3-7-14-25)30(36)27-16-8-9-17-28(27)31/h2,4-5,8-12,15-18,25H,3,6-7,13-14,19-23H2,1H3. The summed E-state index contributed by atoms with van der Waals surface area (Å²) in [4.78, 5) is 30.5. The summed E-state index contributed by atoms with van der Waals surface area (Å²) in [7, 11) is 1.61. The summed E-state index contributed by atoms with van der Waals surface area (Å²) in [5.74, 6) is -1.15. The van der Waals surface area contributed by atoms with Gasteiger partial charge in [-0.2, -0.15) is 0 Å². The maximum atomic E-state index is 14.5. The largest absolute Gasteiger partial charge is 0.383 e. The Morgan fingerprint density at radius 2 is 1.70 bits per heavy atom. The highest BCUT2D eigenvalue weighted by atomic mass is 19.1. The van der Waals surface area contributed by atoms with E-state index in [0.29, 0.717) is 26.2 Å². The molecule has 1 aliphatic rings. The van der Waals surface area contributed by atoms with Crippen molar-refractivity contribution in [2.45, 2.75) is 51.2 Å². The molecule has 6 nitrogen and oxygen atoms in total. The van der Waals surface area contributed by atoms with Gasteiger partial charge in [0.25, 0.3) is 5.91 Å². The van der Waals surface area contributed by atoms with Gasteiger partial charge in [0.15, 0.2) is 0 Å². The summed E-state index contributed by atoms with van der Waals surface area (Å²) < 4.78 is 22.0. The van der Waals surface area contributed by atoms with Crippen LogP contribution in [0.5, 0.6) is 0 Å². The second-order valence-corrected chi connectivity index (χ2v) is 9.63. The van der Waals surface area contributed by atoms with Crippen LogP contribution in [-0.4, -0.2) is 59.0 Å². The number of methoxy groups -OCH3 is 1. The molecule has 1 saturated carbocycles. The summed E-state index contributed by atoms with van der Waals surface area (Å²) in [5, 5.41) is 0. The quantitative estimate of drug-likeness (QED) is 0.363. The first-order valence-electron chi connectivity index (χ1n) is 13.1. The van der Waals surface area contributed by atoms with Crippen LogP contribution in [0.2, 0.25) is 0 Å². The topological polar surface area (TPSA) is 54.8 Å². The smallest absolute Gasteiger partial charge is 0.257 e. The Hall–Kier alpha value is -3.45. The molecule has 196 valence electrons. The normalized spacial score (nSPS) is 13.9. The van der Waals surface area contributed by atoms with Gasteiger partial charge >= 0.3 is 0 Å². The van der Waals surface area contributed by atoms with Crippen molar-refractivity contribution in [3.63, 3.8) is 0 Å². The summed E-state index contributed by atoms with van der Waals surface area (Å²) >= 11 is 0. The lowest BCUT2D eigenvalue weighted by molar-refractivity contribution is -0.133. The van der Waals surface area contributed by atoms with E-state index in [0.717, 1.165) is 37.8 Å². The lowest BCUT2D eigenvalue weighted by Crippen LogP contribution is -2.48. The van der Waals surface area contributed by atoms with Gasteiger partial charge in [-0.15, -0.1) is 0 Å². The van der Waals surface area contributed by atoms with E-state index in [1.807, 2.05) is 36.5 Å². The van der Waals surface area contributed by atoms with Crippen LogP contribution < -0.4 is 0 Å². The Labute approximate surface area is 218 Å². The molecular weight excluding hydrogens is 469 g/mol. The minimum Gasteiger partial charge on any atom is -0.383 e. The van der Waals surface area contributed by atoms with Gasteiger partial charge in [0.1, 0.15) is 12.4 Å². The number of aromatic nitrogens is 1. The van der Waals surface area contributed by atoms with Crippen LogP contribution in [-0.2, 0) is 22.6 Å². The molecule has 1 aromatic heterocycles. The third kappa shape index (κ3) is 7.07. The number of ether oxygens (including phenoxy) is 1. The number of carbonyl (C=O) groups excluding carboxylic acids is 2. The molecule has 1 aliphatic carbocycles. The van der Waals surface area contributed by atoms with Crippen LogP contribution in [0.25, 0.3) is 0 Å². The van der Waals surface area contributed by atoms with E-state index in [-0.39, 0.29) is 24.1 Å². The van der Waals surface area contributed by atoms with Crippen LogP contribution >= 0.6 is 0 Å². The molecule has 0 unspecified atom stereocenters. The van der Waals surface area contributed by atoms with Crippen LogP contribution in [0.3, 0.4) is 0 Å². The van der Waals surface area contributed by atoms with Gasteiger partial charge in [-0.25, -0.2) is 4.39 Å². The van der Waals surface area contributed by atoms with Crippen molar-refractivity contribution in [3.05, 3.63) is 95.6 Å². The lowest BCUT2D eigenvalue weighted by Gasteiger charge is -2.35. The maximum absolute atomic E-state index is 14.5. The zero-order chi connectivity index (χ0) is 26.0. The number of hydrogen-bond acceptors (Lipinski definition) is 3. The molecule has 0 saturated heterocycles. The van der Waals surface area contributed by atoms with Crippen molar-refractivity contribution in [1.82, 2.24) is 14.4 Å². The predicted octanol–water partition coefficient (Wildman–Crippen LogP) is 5.13. The number of benzene rings is 2.